The van der Waals surface area contributed by atoms with Crippen molar-refractivity contribution in [3.8, 4) is 0 Å². The molecule has 3 atom stereocenters. The molecule has 6 nitrogen and oxygen atoms in total. The van der Waals surface area contributed by atoms with E-state index in [1.54, 1.807) is 14.0 Å². The van der Waals surface area contributed by atoms with Gasteiger partial charge in [-0.3, -0.25) is 14.4 Å². The van der Waals surface area contributed by atoms with Crippen molar-refractivity contribution in [3.63, 3.8) is 0 Å². The van der Waals surface area contributed by atoms with Gasteiger partial charge in [0.1, 0.15) is 6.10 Å². The Bertz CT molecular complexity index is 491. The quantitative estimate of drug-likeness (QED) is 0.764. The summed E-state index contributed by atoms with van der Waals surface area (Å²) in [5.74, 6) is -1.75. The minimum absolute atomic E-state index is 0.230. The van der Waals surface area contributed by atoms with Crippen molar-refractivity contribution in [3.05, 3.63) is 35.9 Å². The largest absolute Gasteiger partial charge is 0.382 e. The molecular weight excluding hydrogens is 260 g/mol. The van der Waals surface area contributed by atoms with Crippen LogP contribution in [0.25, 0.3) is 0 Å². The molecule has 0 bridgehead atoms. The highest BCUT2D eigenvalue weighted by molar-refractivity contribution is 5.92. The van der Waals surface area contributed by atoms with Gasteiger partial charge >= 0.3 is 0 Å². The van der Waals surface area contributed by atoms with E-state index in [1.165, 1.54) is 4.90 Å². The van der Waals surface area contributed by atoms with Gasteiger partial charge in [0.2, 0.25) is 0 Å². The van der Waals surface area contributed by atoms with E-state index in [1.807, 2.05) is 30.3 Å². The second-order valence-corrected chi connectivity index (χ2v) is 4.90. The summed E-state index contributed by atoms with van der Waals surface area (Å²) in [6.07, 6.45) is -1.31. The zero-order valence-electron chi connectivity index (χ0n) is 11.4. The Morgan fingerprint density at radius 2 is 2.05 bits per heavy atom. The molecule has 0 unspecified atom stereocenters. The van der Waals surface area contributed by atoms with Gasteiger partial charge in [0.25, 0.3) is 11.8 Å². The summed E-state index contributed by atoms with van der Waals surface area (Å²) in [4.78, 5) is 30.0. The summed E-state index contributed by atoms with van der Waals surface area (Å²) >= 11 is 0. The zero-order valence-corrected chi connectivity index (χ0v) is 11.4. The van der Waals surface area contributed by atoms with Crippen molar-refractivity contribution >= 4 is 11.8 Å². The van der Waals surface area contributed by atoms with Crippen LogP contribution in [0.4, 0.5) is 0 Å². The monoisotopic (exact) mass is 278 g/mol. The zero-order chi connectivity index (χ0) is 14.7. The van der Waals surface area contributed by atoms with Crippen molar-refractivity contribution in [2.75, 3.05) is 7.05 Å². The van der Waals surface area contributed by atoms with Crippen molar-refractivity contribution in [1.82, 2.24) is 10.4 Å². The molecule has 1 aromatic rings. The number of carbonyl (C=O) groups excluding carboxylic acids is 2. The van der Waals surface area contributed by atoms with Crippen molar-refractivity contribution in [2.24, 2.45) is 5.92 Å². The number of nitrogens with one attached hydrogen (secondary N) is 1. The first-order valence-corrected chi connectivity index (χ1v) is 6.42. The summed E-state index contributed by atoms with van der Waals surface area (Å²) in [5.41, 5.74) is 3.21. The molecule has 0 spiro atoms. The summed E-state index contributed by atoms with van der Waals surface area (Å²) in [6.45, 7) is 1.95. The van der Waals surface area contributed by atoms with Crippen LogP contribution in [0, 0.1) is 5.92 Å². The number of hydroxylamine groups is 1. The normalized spacial score (nSPS) is 25.9. The van der Waals surface area contributed by atoms with Crippen LogP contribution in [-0.4, -0.2) is 41.0 Å². The highest BCUT2D eigenvalue weighted by atomic mass is 16.6. The van der Waals surface area contributed by atoms with E-state index >= 15 is 0 Å². The average Bonchev–Trinajstić information content (AvgIpc) is 2.64. The number of carbonyl (C=O) groups is 2. The molecule has 20 heavy (non-hydrogen) atoms. The Balaban J connectivity index is 1.88. The Morgan fingerprint density at radius 3 is 2.60 bits per heavy atom. The van der Waals surface area contributed by atoms with Crippen molar-refractivity contribution < 1.29 is 19.5 Å². The van der Waals surface area contributed by atoms with Crippen LogP contribution in [-0.2, 0) is 21.0 Å². The van der Waals surface area contributed by atoms with Gasteiger partial charge in [-0.2, -0.15) is 0 Å². The number of aliphatic hydroxyl groups excluding tert-OH is 1. The number of rotatable bonds is 4. The molecule has 1 saturated heterocycles. The molecule has 2 N–H and O–H groups in total. The standard InChI is InChI=1S/C14H18N2O4/c1-9-11(12(17)14(19)16(9)2)13(18)15-20-8-10-6-4-3-5-7-10/h3-7,9,11-12,17H,8H2,1-2H3,(H,15,18)/t9-,11-,12-/m1/s1. The molecular formula is C14H18N2O4. The van der Waals surface area contributed by atoms with Crippen molar-refractivity contribution in [1.29, 1.82) is 0 Å². The van der Waals surface area contributed by atoms with Crippen LogP contribution in [0.1, 0.15) is 12.5 Å². The topological polar surface area (TPSA) is 78.9 Å². The molecule has 0 aliphatic carbocycles. The van der Waals surface area contributed by atoms with Gasteiger partial charge in [-0.25, -0.2) is 5.48 Å². The molecule has 1 heterocycles. The predicted octanol–water partition coefficient (Wildman–Crippen LogP) is 0.0720. The Hall–Kier alpha value is -1.92. The van der Waals surface area contributed by atoms with Crippen LogP contribution < -0.4 is 5.48 Å². The van der Waals surface area contributed by atoms with Gasteiger partial charge in [0.15, 0.2) is 0 Å². The molecule has 0 saturated carbocycles. The summed E-state index contributed by atoms with van der Waals surface area (Å²) in [5, 5.41) is 9.78. The number of aliphatic hydroxyl groups is 1. The van der Waals surface area contributed by atoms with Gasteiger partial charge in [-0.05, 0) is 12.5 Å². The summed E-state index contributed by atoms with van der Waals surface area (Å²) in [6, 6.07) is 9.01. The smallest absolute Gasteiger partial charge is 0.252 e. The minimum Gasteiger partial charge on any atom is -0.382 e. The highest BCUT2D eigenvalue weighted by Gasteiger charge is 2.47. The van der Waals surface area contributed by atoms with Crippen molar-refractivity contribution in [2.45, 2.75) is 25.7 Å². The molecule has 1 aliphatic heterocycles. The van der Waals surface area contributed by atoms with Gasteiger partial charge in [-0.15, -0.1) is 0 Å². The Kier molecular flexibility index (Phi) is 4.36. The van der Waals surface area contributed by atoms with Gasteiger partial charge in [0.05, 0.1) is 12.5 Å². The third kappa shape index (κ3) is 2.81. The van der Waals surface area contributed by atoms with Crippen LogP contribution in [0.3, 0.4) is 0 Å². The van der Waals surface area contributed by atoms with Gasteiger partial charge in [0, 0.05) is 13.1 Å². The molecule has 2 rings (SSSR count). The lowest BCUT2D eigenvalue weighted by Gasteiger charge is -2.19. The van der Waals surface area contributed by atoms with Gasteiger partial charge < -0.3 is 10.0 Å². The number of benzene rings is 1. The molecule has 0 radical (unpaired) electrons. The maximum Gasteiger partial charge on any atom is 0.252 e. The maximum absolute atomic E-state index is 12.0. The van der Waals surface area contributed by atoms with E-state index in [9.17, 15) is 14.7 Å². The van der Waals surface area contributed by atoms with Crippen LogP contribution in [0.5, 0.6) is 0 Å². The third-order valence-electron chi connectivity index (χ3n) is 3.63. The fourth-order valence-electron chi connectivity index (χ4n) is 2.26. The minimum atomic E-state index is -1.31. The summed E-state index contributed by atoms with van der Waals surface area (Å²) in [7, 11) is 1.56. The first kappa shape index (κ1) is 14.5. The first-order valence-electron chi connectivity index (χ1n) is 6.42. The molecule has 1 aromatic carbocycles. The first-order chi connectivity index (χ1) is 9.52. The van der Waals surface area contributed by atoms with E-state index in [-0.39, 0.29) is 12.6 Å². The fourth-order valence-corrected chi connectivity index (χ4v) is 2.26. The second-order valence-electron chi connectivity index (χ2n) is 4.90. The lowest BCUT2D eigenvalue weighted by Crippen LogP contribution is -2.40. The summed E-state index contributed by atoms with van der Waals surface area (Å²) < 4.78 is 0. The fraction of sp³-hybridized carbons (Fsp3) is 0.429. The lowest BCUT2D eigenvalue weighted by molar-refractivity contribution is -0.144. The number of hydrogen-bond donors (Lipinski definition) is 2. The molecule has 0 aromatic heterocycles. The van der Waals surface area contributed by atoms with E-state index in [0.717, 1.165) is 5.56 Å². The van der Waals surface area contributed by atoms with E-state index in [0.29, 0.717) is 0 Å². The molecule has 1 fully saturated rings. The van der Waals surface area contributed by atoms with Gasteiger partial charge in [-0.1, -0.05) is 30.3 Å². The number of likely N-dealkylation sites (tertiary alicyclic amines) is 1. The molecule has 6 heteroatoms. The number of hydrogen-bond acceptors (Lipinski definition) is 4. The molecule has 2 amide bonds. The second kappa shape index (κ2) is 6.02. The maximum atomic E-state index is 12.0. The van der Waals surface area contributed by atoms with E-state index in [4.69, 9.17) is 4.84 Å². The predicted molar refractivity (Wildman–Crippen MR) is 71.1 cm³/mol. The van der Waals surface area contributed by atoms with E-state index < -0.39 is 23.8 Å². The van der Waals surface area contributed by atoms with E-state index in [2.05, 4.69) is 5.48 Å². The average molecular weight is 278 g/mol. The number of nitrogens with zero attached hydrogens (tertiary/aromatic N) is 1. The molecule has 1 aliphatic rings. The lowest BCUT2D eigenvalue weighted by atomic mass is 9.99. The van der Waals surface area contributed by atoms with Crippen LogP contribution >= 0.6 is 0 Å². The van der Waals surface area contributed by atoms with Crippen LogP contribution in [0.15, 0.2) is 30.3 Å². The highest BCUT2D eigenvalue weighted by Crippen LogP contribution is 2.24. The Morgan fingerprint density at radius 1 is 1.40 bits per heavy atom. The number of amides is 2. The Labute approximate surface area is 117 Å². The SMILES string of the molecule is C[C@@H]1[C@@H](C(=O)NOCc2ccccc2)[C@@H](O)C(=O)N1C. The molecule has 108 valence electrons. The number of likely N-dealkylation sites (N-methyl/N-ethyl adjacent to an activating group) is 1. The van der Waals surface area contributed by atoms with Crippen LogP contribution in [0.2, 0.25) is 0 Å². The third-order valence-corrected chi connectivity index (χ3v) is 3.63.